The first kappa shape index (κ1) is 20.1. The molecule has 0 radical (unpaired) electrons. The van der Waals surface area contributed by atoms with E-state index in [1.807, 2.05) is 18.2 Å². The molecule has 2 aromatic rings. The Morgan fingerprint density at radius 1 is 1.37 bits per heavy atom. The molecule has 1 aromatic carbocycles. The summed E-state index contributed by atoms with van der Waals surface area (Å²) >= 11 is 10.0. The molecular weight excluding hydrogens is 468 g/mol. The summed E-state index contributed by atoms with van der Waals surface area (Å²) in [5.74, 6) is 0.677. The average molecular weight is 492 g/mol. The first-order chi connectivity index (χ1) is 14.5. The molecule has 1 aliphatic carbocycles. The number of rotatable bonds is 3. The van der Waals surface area contributed by atoms with Crippen LogP contribution in [0.4, 0.5) is 4.79 Å². The fourth-order valence-corrected chi connectivity index (χ4v) is 5.77. The molecule has 2 aliphatic heterocycles. The number of methoxy groups -OCH3 is 1. The van der Waals surface area contributed by atoms with Gasteiger partial charge in [0.2, 0.25) is 5.88 Å². The van der Waals surface area contributed by atoms with Gasteiger partial charge in [-0.3, -0.25) is 4.90 Å². The van der Waals surface area contributed by atoms with Crippen LogP contribution >= 0.6 is 27.5 Å². The number of likely N-dealkylation sites (tertiary alicyclic amines) is 1. The summed E-state index contributed by atoms with van der Waals surface area (Å²) in [5, 5.41) is 6.71. The number of amides is 2. The maximum Gasteiger partial charge on any atom is 0.315 e. The molecule has 5 rings (SSSR count). The van der Waals surface area contributed by atoms with Crippen molar-refractivity contribution in [3.05, 3.63) is 44.9 Å². The Morgan fingerprint density at radius 2 is 2.23 bits per heavy atom. The van der Waals surface area contributed by atoms with E-state index in [9.17, 15) is 4.79 Å². The molecule has 0 bridgehead atoms. The van der Waals surface area contributed by atoms with Gasteiger partial charge >= 0.3 is 6.03 Å². The number of nitrogens with one attached hydrogen (secondary N) is 2. The van der Waals surface area contributed by atoms with Gasteiger partial charge in [-0.2, -0.15) is 0 Å². The highest BCUT2D eigenvalue weighted by Gasteiger charge is 2.45. The Labute approximate surface area is 189 Å². The predicted octanol–water partition coefficient (Wildman–Crippen LogP) is 4.31. The van der Waals surface area contributed by atoms with E-state index in [0.29, 0.717) is 10.9 Å². The van der Waals surface area contributed by atoms with E-state index in [1.165, 1.54) is 11.1 Å². The number of aromatic nitrogens is 1. The molecule has 30 heavy (non-hydrogen) atoms. The van der Waals surface area contributed by atoms with Gasteiger partial charge in [0.15, 0.2) is 0 Å². The Balaban J connectivity index is 1.47. The maximum absolute atomic E-state index is 11.9. The maximum atomic E-state index is 11.9. The van der Waals surface area contributed by atoms with Crippen molar-refractivity contribution >= 4 is 33.6 Å². The van der Waals surface area contributed by atoms with Gasteiger partial charge < -0.3 is 15.4 Å². The number of hydrogen-bond donors (Lipinski definition) is 2. The second-order valence-electron chi connectivity index (χ2n) is 8.38. The van der Waals surface area contributed by atoms with E-state index in [-0.39, 0.29) is 17.6 Å². The van der Waals surface area contributed by atoms with Crippen molar-refractivity contribution in [3.63, 3.8) is 0 Å². The summed E-state index contributed by atoms with van der Waals surface area (Å²) in [4.78, 5) is 19.2. The molecule has 8 heteroatoms. The number of fused-ring (bicyclic) bond motifs is 1. The van der Waals surface area contributed by atoms with Gasteiger partial charge in [0.05, 0.1) is 23.4 Å². The fraction of sp³-hybridized carbons (Fsp3) is 0.455. The van der Waals surface area contributed by atoms with Gasteiger partial charge in [-0.25, -0.2) is 9.78 Å². The molecule has 2 atom stereocenters. The summed E-state index contributed by atoms with van der Waals surface area (Å²) in [7, 11) is 1.68. The lowest BCUT2D eigenvalue weighted by atomic mass is 9.93. The topological polar surface area (TPSA) is 66.5 Å². The van der Waals surface area contributed by atoms with E-state index in [4.69, 9.17) is 21.3 Å². The first-order valence-electron chi connectivity index (χ1n) is 10.3. The number of urea groups is 1. The molecule has 1 spiro atoms. The second kappa shape index (κ2) is 7.70. The third-order valence-electron chi connectivity index (χ3n) is 6.64. The molecule has 0 saturated carbocycles. The van der Waals surface area contributed by atoms with Crippen LogP contribution in [0.2, 0.25) is 5.02 Å². The van der Waals surface area contributed by atoms with Crippen LogP contribution < -0.4 is 15.4 Å². The Morgan fingerprint density at radius 3 is 3.03 bits per heavy atom. The molecule has 2 amide bonds. The van der Waals surface area contributed by atoms with Crippen LogP contribution in [0.25, 0.3) is 11.3 Å². The molecule has 158 valence electrons. The van der Waals surface area contributed by atoms with Crippen molar-refractivity contribution < 1.29 is 9.53 Å². The molecule has 2 saturated heterocycles. The van der Waals surface area contributed by atoms with Gasteiger partial charge in [-0.05, 0) is 59.3 Å². The van der Waals surface area contributed by atoms with Crippen LogP contribution in [0.3, 0.4) is 0 Å². The van der Waals surface area contributed by atoms with Crippen LogP contribution in [0, 0.1) is 0 Å². The van der Waals surface area contributed by atoms with Crippen molar-refractivity contribution in [1.29, 1.82) is 0 Å². The highest BCUT2D eigenvalue weighted by molar-refractivity contribution is 9.10. The number of halogens is 2. The van der Waals surface area contributed by atoms with Gasteiger partial charge in [0.25, 0.3) is 0 Å². The van der Waals surface area contributed by atoms with Crippen LogP contribution in [0.1, 0.15) is 36.4 Å². The summed E-state index contributed by atoms with van der Waals surface area (Å²) in [6.07, 6.45) is 3.96. The third kappa shape index (κ3) is 3.37. The first-order valence-corrected chi connectivity index (χ1v) is 11.5. The normalized spacial score (nSPS) is 25.8. The van der Waals surface area contributed by atoms with Crippen molar-refractivity contribution in [2.24, 2.45) is 0 Å². The zero-order chi connectivity index (χ0) is 20.9. The zero-order valence-electron chi connectivity index (χ0n) is 16.8. The largest absolute Gasteiger partial charge is 0.481 e. The summed E-state index contributed by atoms with van der Waals surface area (Å²) in [6, 6.07) is 8.24. The van der Waals surface area contributed by atoms with Crippen LogP contribution in [-0.2, 0) is 6.42 Å². The van der Waals surface area contributed by atoms with E-state index in [0.717, 1.165) is 61.0 Å². The van der Waals surface area contributed by atoms with Gasteiger partial charge in [0, 0.05) is 41.3 Å². The second-order valence-corrected chi connectivity index (χ2v) is 9.61. The lowest BCUT2D eigenvalue weighted by Gasteiger charge is -2.36. The number of hydrogen-bond acceptors (Lipinski definition) is 4. The molecule has 2 unspecified atom stereocenters. The number of pyridine rings is 1. The monoisotopic (exact) mass is 490 g/mol. The Kier molecular flexibility index (Phi) is 5.16. The highest BCUT2D eigenvalue weighted by Crippen LogP contribution is 2.45. The number of benzene rings is 1. The highest BCUT2D eigenvalue weighted by atomic mass is 79.9. The molecule has 6 nitrogen and oxygen atoms in total. The fourth-order valence-electron chi connectivity index (χ4n) is 5.18. The van der Waals surface area contributed by atoms with Gasteiger partial charge in [0.1, 0.15) is 0 Å². The summed E-state index contributed by atoms with van der Waals surface area (Å²) in [6.45, 7) is 2.57. The third-order valence-corrected chi connectivity index (χ3v) is 7.94. The molecule has 2 fully saturated rings. The van der Waals surface area contributed by atoms with Crippen LogP contribution in [-0.4, -0.2) is 48.2 Å². The van der Waals surface area contributed by atoms with Crippen molar-refractivity contribution in [3.8, 4) is 17.1 Å². The van der Waals surface area contributed by atoms with E-state index in [1.54, 1.807) is 7.11 Å². The minimum Gasteiger partial charge on any atom is -0.481 e. The van der Waals surface area contributed by atoms with Gasteiger partial charge in [-0.15, -0.1) is 0 Å². The Bertz CT molecular complexity index is 1020. The molecule has 2 N–H and O–H groups in total. The van der Waals surface area contributed by atoms with E-state index < -0.39 is 0 Å². The van der Waals surface area contributed by atoms with Crippen molar-refractivity contribution in [1.82, 2.24) is 20.5 Å². The number of carbonyl (C=O) groups excluding carboxylic acids is 1. The molecule has 3 aliphatic rings. The average Bonchev–Trinajstić information content (AvgIpc) is 3.33. The number of nitrogens with zero attached hydrogens (tertiary/aromatic N) is 2. The SMILES string of the molecule is COc1nc(-c2cccc(Br)c2Cl)cc2c1C(N1CCC3(CCNC(=O)N3)C1)CC2. The van der Waals surface area contributed by atoms with Crippen molar-refractivity contribution in [2.45, 2.75) is 37.3 Å². The van der Waals surface area contributed by atoms with Crippen molar-refractivity contribution in [2.75, 3.05) is 26.7 Å². The van der Waals surface area contributed by atoms with Gasteiger partial charge in [-0.1, -0.05) is 23.7 Å². The molecule has 1 aromatic heterocycles. The standard InChI is InChI=1S/C22H24BrClN4O2/c1-30-20-18-13(11-16(26-20)14-3-2-4-15(23)19(14)24)5-6-17(18)28-10-8-22(12-28)7-9-25-21(29)27-22/h2-4,11,17H,5-10,12H2,1H3,(H2,25,27,29). The minimum atomic E-state index is -0.116. The van der Waals surface area contributed by atoms with Crippen LogP contribution in [0.15, 0.2) is 28.7 Å². The summed E-state index contributed by atoms with van der Waals surface area (Å²) in [5.41, 5.74) is 4.07. The summed E-state index contributed by atoms with van der Waals surface area (Å²) < 4.78 is 6.61. The number of ether oxygens (including phenoxy) is 1. The molecule has 3 heterocycles. The zero-order valence-corrected chi connectivity index (χ0v) is 19.1. The van der Waals surface area contributed by atoms with Crippen LogP contribution in [0.5, 0.6) is 5.88 Å². The molecular formula is C22H24BrClN4O2. The van der Waals surface area contributed by atoms with E-state index in [2.05, 4.69) is 37.5 Å². The lowest BCUT2D eigenvalue weighted by molar-refractivity contribution is 0.187. The number of aryl methyl sites for hydroxylation is 1. The predicted molar refractivity (Wildman–Crippen MR) is 120 cm³/mol. The lowest BCUT2D eigenvalue weighted by Crippen LogP contribution is -2.59. The smallest absolute Gasteiger partial charge is 0.315 e. The minimum absolute atomic E-state index is 0.0512. The van der Waals surface area contributed by atoms with E-state index >= 15 is 0 Å². The quantitative estimate of drug-likeness (QED) is 0.671. The number of carbonyl (C=O) groups is 1. The Hall–Kier alpha value is -1.83.